The first-order chi connectivity index (χ1) is 5.63. The third kappa shape index (κ3) is 1.29. The summed E-state index contributed by atoms with van der Waals surface area (Å²) in [5, 5.41) is 12.1. The number of likely N-dealkylation sites (tertiary alicyclic amines) is 1. The van der Waals surface area contributed by atoms with Crippen molar-refractivity contribution < 1.29 is 9.90 Å². The molecule has 66 valence electrons. The van der Waals surface area contributed by atoms with Crippen LogP contribution in [0.4, 0.5) is 4.79 Å². The molecule has 1 fully saturated rings. The van der Waals surface area contributed by atoms with Gasteiger partial charge in [-0.05, 0) is 12.0 Å². The number of azide groups is 1. The lowest BCUT2D eigenvalue weighted by atomic mass is 9.89. The van der Waals surface area contributed by atoms with Gasteiger partial charge in [-0.2, -0.15) is 0 Å². The molecule has 0 saturated carbocycles. The summed E-state index contributed by atoms with van der Waals surface area (Å²) in [6.07, 6.45) is -0.270. The Morgan fingerprint density at radius 2 is 2.42 bits per heavy atom. The van der Waals surface area contributed by atoms with E-state index in [0.717, 1.165) is 0 Å². The second-order valence-corrected chi connectivity index (χ2v) is 2.91. The predicted octanol–water partition coefficient (Wildman–Crippen LogP) is 1.44. The Hall–Kier alpha value is -1.42. The maximum Gasteiger partial charge on any atom is 0.407 e. The fourth-order valence-corrected chi connectivity index (χ4v) is 1.25. The van der Waals surface area contributed by atoms with Crippen LogP contribution in [0.3, 0.4) is 0 Å². The van der Waals surface area contributed by atoms with E-state index in [2.05, 4.69) is 10.0 Å². The fourth-order valence-electron chi connectivity index (χ4n) is 1.25. The Morgan fingerprint density at radius 1 is 1.83 bits per heavy atom. The Morgan fingerprint density at radius 3 is 2.75 bits per heavy atom. The van der Waals surface area contributed by atoms with Gasteiger partial charge in [0.2, 0.25) is 0 Å². The van der Waals surface area contributed by atoms with Gasteiger partial charge in [0, 0.05) is 18.0 Å². The molecule has 1 N–H and O–H groups in total. The summed E-state index contributed by atoms with van der Waals surface area (Å²) in [6, 6.07) is 0. The van der Waals surface area contributed by atoms with E-state index in [1.54, 1.807) is 0 Å². The van der Waals surface area contributed by atoms with Gasteiger partial charge in [0.05, 0.1) is 5.54 Å². The molecule has 0 aliphatic carbocycles. The summed E-state index contributed by atoms with van der Waals surface area (Å²) in [4.78, 5) is 14.3. The van der Waals surface area contributed by atoms with Crippen molar-refractivity contribution in [3.05, 3.63) is 10.4 Å². The lowest BCUT2D eigenvalue weighted by Crippen LogP contribution is -2.61. The van der Waals surface area contributed by atoms with E-state index in [1.807, 2.05) is 6.92 Å². The summed E-state index contributed by atoms with van der Waals surface area (Å²) in [6.45, 7) is 2.53. The Labute approximate surface area is 69.4 Å². The average molecular weight is 170 g/mol. The van der Waals surface area contributed by atoms with E-state index in [-0.39, 0.29) is 0 Å². The largest absolute Gasteiger partial charge is 0.465 e. The van der Waals surface area contributed by atoms with Crippen molar-refractivity contribution in [3.8, 4) is 0 Å². The van der Waals surface area contributed by atoms with Crippen molar-refractivity contribution >= 4 is 6.09 Å². The lowest BCUT2D eigenvalue weighted by Gasteiger charge is -2.44. The summed E-state index contributed by atoms with van der Waals surface area (Å²) in [5.74, 6) is 0. The van der Waals surface area contributed by atoms with Crippen molar-refractivity contribution in [2.75, 3.05) is 13.1 Å². The molecule has 6 heteroatoms. The van der Waals surface area contributed by atoms with Crippen molar-refractivity contribution in [1.82, 2.24) is 4.90 Å². The minimum absolute atomic E-state index is 0.322. The minimum Gasteiger partial charge on any atom is -0.465 e. The molecule has 0 aromatic rings. The highest BCUT2D eigenvalue weighted by Gasteiger charge is 2.43. The highest BCUT2D eigenvalue weighted by atomic mass is 16.4. The van der Waals surface area contributed by atoms with Gasteiger partial charge in [-0.25, -0.2) is 4.79 Å². The van der Waals surface area contributed by atoms with Crippen LogP contribution < -0.4 is 0 Å². The minimum atomic E-state index is -0.952. The summed E-state index contributed by atoms with van der Waals surface area (Å²) in [7, 11) is 0. The quantitative estimate of drug-likeness (QED) is 0.386. The molecule has 1 aliphatic heterocycles. The molecular weight excluding hydrogens is 160 g/mol. The van der Waals surface area contributed by atoms with Crippen LogP contribution in [0.5, 0.6) is 0 Å². The van der Waals surface area contributed by atoms with Gasteiger partial charge < -0.3 is 10.0 Å². The number of rotatable bonds is 2. The number of hydrogen-bond acceptors (Lipinski definition) is 2. The zero-order valence-corrected chi connectivity index (χ0v) is 6.77. The zero-order chi connectivity index (χ0) is 9.19. The molecule has 1 amide bonds. The molecule has 0 radical (unpaired) electrons. The monoisotopic (exact) mass is 170 g/mol. The van der Waals surface area contributed by atoms with Gasteiger partial charge in [-0.1, -0.05) is 12.0 Å². The first-order valence-electron chi connectivity index (χ1n) is 3.68. The standard InChI is InChI=1S/C6H10N4O2/c1-2-6(8-9-7)3-10(4-6)5(11)12/h2-4H2,1H3,(H,11,12). The van der Waals surface area contributed by atoms with Gasteiger partial charge >= 0.3 is 6.09 Å². The molecule has 0 atom stereocenters. The molecular formula is C6H10N4O2. The molecule has 0 unspecified atom stereocenters. The SMILES string of the molecule is CCC1(N=[N+]=[N-])CN(C(=O)O)C1. The van der Waals surface area contributed by atoms with Crippen LogP contribution in [0.25, 0.3) is 10.4 Å². The van der Waals surface area contributed by atoms with Crippen LogP contribution in [0.1, 0.15) is 13.3 Å². The van der Waals surface area contributed by atoms with E-state index in [0.29, 0.717) is 19.5 Å². The number of hydrogen-bond donors (Lipinski definition) is 1. The van der Waals surface area contributed by atoms with Crippen molar-refractivity contribution in [2.45, 2.75) is 18.9 Å². The zero-order valence-electron chi connectivity index (χ0n) is 6.77. The van der Waals surface area contributed by atoms with Gasteiger partial charge in [0.1, 0.15) is 0 Å². The fraction of sp³-hybridized carbons (Fsp3) is 0.833. The van der Waals surface area contributed by atoms with Crippen LogP contribution in [0, 0.1) is 0 Å². The van der Waals surface area contributed by atoms with E-state index in [4.69, 9.17) is 10.6 Å². The van der Waals surface area contributed by atoms with Crippen LogP contribution in [-0.4, -0.2) is 34.7 Å². The number of nitrogens with zero attached hydrogens (tertiary/aromatic N) is 4. The third-order valence-electron chi connectivity index (χ3n) is 2.16. The average Bonchev–Trinajstić information content (AvgIpc) is 1.95. The molecule has 0 bridgehead atoms. The van der Waals surface area contributed by atoms with Gasteiger partial charge in [-0.15, -0.1) is 0 Å². The Balaban J connectivity index is 2.57. The first kappa shape index (κ1) is 8.67. The molecule has 1 heterocycles. The van der Waals surface area contributed by atoms with Gasteiger partial charge in [0.25, 0.3) is 0 Å². The Kier molecular flexibility index (Phi) is 2.10. The van der Waals surface area contributed by atoms with Crippen LogP contribution >= 0.6 is 0 Å². The third-order valence-corrected chi connectivity index (χ3v) is 2.16. The van der Waals surface area contributed by atoms with E-state index < -0.39 is 11.6 Å². The smallest absolute Gasteiger partial charge is 0.407 e. The molecule has 12 heavy (non-hydrogen) atoms. The lowest BCUT2D eigenvalue weighted by molar-refractivity contribution is 0.0620. The number of amides is 1. The normalized spacial score (nSPS) is 19.2. The molecule has 0 aromatic heterocycles. The van der Waals surface area contributed by atoms with Crippen LogP contribution in [0.2, 0.25) is 0 Å². The maximum atomic E-state index is 10.4. The van der Waals surface area contributed by atoms with Crippen molar-refractivity contribution in [2.24, 2.45) is 5.11 Å². The van der Waals surface area contributed by atoms with Gasteiger partial charge in [-0.3, -0.25) is 0 Å². The number of carbonyl (C=O) groups is 1. The van der Waals surface area contributed by atoms with Crippen molar-refractivity contribution in [1.29, 1.82) is 0 Å². The Bertz CT molecular complexity index is 240. The van der Waals surface area contributed by atoms with E-state index in [9.17, 15) is 4.79 Å². The molecule has 1 saturated heterocycles. The molecule has 0 aromatic carbocycles. The van der Waals surface area contributed by atoms with E-state index in [1.165, 1.54) is 4.90 Å². The van der Waals surface area contributed by atoms with Gasteiger partial charge in [0.15, 0.2) is 0 Å². The van der Waals surface area contributed by atoms with E-state index >= 15 is 0 Å². The first-order valence-corrected chi connectivity index (χ1v) is 3.68. The topological polar surface area (TPSA) is 89.3 Å². The highest BCUT2D eigenvalue weighted by molar-refractivity contribution is 5.66. The summed E-state index contributed by atoms with van der Waals surface area (Å²) >= 11 is 0. The summed E-state index contributed by atoms with van der Waals surface area (Å²) in [5.41, 5.74) is 7.74. The maximum absolute atomic E-state index is 10.4. The molecule has 0 spiro atoms. The van der Waals surface area contributed by atoms with Crippen LogP contribution in [0.15, 0.2) is 5.11 Å². The van der Waals surface area contributed by atoms with Crippen molar-refractivity contribution in [3.63, 3.8) is 0 Å². The highest BCUT2D eigenvalue weighted by Crippen LogP contribution is 2.28. The second-order valence-electron chi connectivity index (χ2n) is 2.91. The van der Waals surface area contributed by atoms with Crippen LogP contribution in [-0.2, 0) is 0 Å². The number of carboxylic acid groups (broad SMARTS) is 1. The summed E-state index contributed by atoms with van der Waals surface area (Å²) < 4.78 is 0. The molecule has 1 aliphatic rings. The predicted molar refractivity (Wildman–Crippen MR) is 41.8 cm³/mol. The molecule has 1 rings (SSSR count). The molecule has 6 nitrogen and oxygen atoms in total. The second kappa shape index (κ2) is 2.91.